The highest BCUT2D eigenvalue weighted by atomic mass is 32.1. The molecule has 1 aliphatic carbocycles. The Labute approximate surface area is 253 Å². The van der Waals surface area contributed by atoms with E-state index >= 15 is 0 Å². The minimum absolute atomic E-state index is 0.0716. The van der Waals surface area contributed by atoms with Gasteiger partial charge >= 0.3 is 0 Å². The molecule has 4 aromatic rings. The second-order valence-electron chi connectivity index (χ2n) is 11.2. The molecule has 0 saturated carbocycles. The number of aromatic hydroxyl groups is 1. The number of para-hydroxylation sites is 2. The van der Waals surface area contributed by atoms with E-state index in [0.717, 1.165) is 40.2 Å². The van der Waals surface area contributed by atoms with Crippen LogP contribution in [-0.4, -0.2) is 14.2 Å². The minimum atomic E-state index is -0.259. The standard InChI is InChI=1S/C36H37N3O2S/c1-5-37-33(40)32(34(41)38(6-2)35(37)42)28-23-27(24-36(3,4)25-28)18-17-26-19-21-31(22-20-26)39(29-13-9-7-10-14-29)30-15-11-8-12-16-30/h7-23,25,40H,5-6,24H2,1-4H3/b18-17+. The van der Waals surface area contributed by atoms with Gasteiger partial charge in [0.1, 0.15) is 5.56 Å². The van der Waals surface area contributed by atoms with Gasteiger partial charge in [0.2, 0.25) is 5.88 Å². The van der Waals surface area contributed by atoms with Crippen molar-refractivity contribution in [3.8, 4) is 5.88 Å². The highest BCUT2D eigenvalue weighted by Crippen LogP contribution is 2.39. The van der Waals surface area contributed by atoms with Gasteiger partial charge in [-0.25, -0.2) is 0 Å². The Morgan fingerprint density at radius 2 is 1.38 bits per heavy atom. The Morgan fingerprint density at radius 1 is 0.833 bits per heavy atom. The maximum Gasteiger partial charge on any atom is 0.266 e. The van der Waals surface area contributed by atoms with Crippen molar-refractivity contribution >= 4 is 40.9 Å². The van der Waals surface area contributed by atoms with Crippen molar-refractivity contribution in [1.82, 2.24) is 9.13 Å². The molecule has 5 rings (SSSR count). The zero-order valence-corrected chi connectivity index (χ0v) is 25.4. The molecule has 0 unspecified atom stereocenters. The molecule has 1 aliphatic rings. The molecule has 0 spiro atoms. The van der Waals surface area contributed by atoms with Crippen molar-refractivity contribution in [2.24, 2.45) is 5.41 Å². The predicted molar refractivity (Wildman–Crippen MR) is 177 cm³/mol. The van der Waals surface area contributed by atoms with Gasteiger partial charge < -0.3 is 10.0 Å². The topological polar surface area (TPSA) is 50.4 Å². The summed E-state index contributed by atoms with van der Waals surface area (Å²) in [5.74, 6) is -0.0716. The lowest BCUT2D eigenvalue weighted by atomic mass is 9.78. The fraction of sp³-hybridized carbons (Fsp3) is 0.222. The van der Waals surface area contributed by atoms with Crippen molar-refractivity contribution in [1.29, 1.82) is 0 Å². The molecule has 0 radical (unpaired) electrons. The molecule has 1 N–H and O–H groups in total. The van der Waals surface area contributed by atoms with E-state index in [9.17, 15) is 9.90 Å². The van der Waals surface area contributed by atoms with Crippen molar-refractivity contribution in [3.63, 3.8) is 0 Å². The summed E-state index contributed by atoms with van der Waals surface area (Å²) in [5, 5.41) is 11.1. The van der Waals surface area contributed by atoms with Gasteiger partial charge in [0.05, 0.1) is 0 Å². The molecule has 3 aromatic carbocycles. The molecule has 0 bridgehead atoms. The van der Waals surface area contributed by atoms with Crippen molar-refractivity contribution in [2.75, 3.05) is 4.90 Å². The molecule has 0 saturated heterocycles. The normalized spacial score (nSPS) is 14.5. The lowest BCUT2D eigenvalue weighted by molar-refractivity contribution is 0.398. The van der Waals surface area contributed by atoms with Crippen LogP contribution in [0.1, 0.15) is 45.2 Å². The zero-order valence-electron chi connectivity index (χ0n) is 24.6. The Morgan fingerprint density at radius 3 is 1.93 bits per heavy atom. The minimum Gasteiger partial charge on any atom is -0.494 e. The summed E-state index contributed by atoms with van der Waals surface area (Å²) in [4.78, 5) is 15.7. The number of nitrogens with zero attached hydrogens (tertiary/aromatic N) is 3. The van der Waals surface area contributed by atoms with E-state index in [4.69, 9.17) is 12.2 Å². The Kier molecular flexibility index (Phi) is 8.46. The number of aromatic nitrogens is 2. The first-order chi connectivity index (χ1) is 20.2. The fourth-order valence-electron chi connectivity index (χ4n) is 5.59. The number of allylic oxidation sites excluding steroid dienone is 5. The summed E-state index contributed by atoms with van der Waals surface area (Å²) in [7, 11) is 0. The number of rotatable bonds is 8. The van der Waals surface area contributed by atoms with Gasteiger partial charge in [-0.3, -0.25) is 13.9 Å². The number of benzene rings is 3. The number of anilines is 3. The number of hydrogen-bond acceptors (Lipinski definition) is 4. The van der Waals surface area contributed by atoms with Gasteiger partial charge in [-0.15, -0.1) is 0 Å². The SMILES string of the molecule is CCn1c(O)c(C2=CC(C)(C)CC(/C=C/c3ccc(N(c4ccccc4)c4ccccc4)cc3)=C2)c(=O)n(CC)c1=S. The monoisotopic (exact) mass is 575 g/mol. The van der Waals surface area contributed by atoms with Crippen LogP contribution in [0.25, 0.3) is 11.6 Å². The van der Waals surface area contributed by atoms with Gasteiger partial charge in [-0.1, -0.05) is 86.7 Å². The van der Waals surface area contributed by atoms with Gasteiger partial charge in [0.25, 0.3) is 5.56 Å². The molecule has 1 aromatic heterocycles. The van der Waals surface area contributed by atoms with Gasteiger partial charge in [0, 0.05) is 30.2 Å². The lowest BCUT2D eigenvalue weighted by Crippen LogP contribution is -2.28. The first-order valence-corrected chi connectivity index (χ1v) is 14.8. The molecule has 0 fully saturated rings. The third-order valence-electron chi connectivity index (χ3n) is 7.54. The van der Waals surface area contributed by atoms with Crippen LogP contribution in [-0.2, 0) is 13.1 Å². The average molecular weight is 576 g/mol. The summed E-state index contributed by atoms with van der Waals surface area (Å²) in [6.07, 6.45) is 9.13. The lowest BCUT2D eigenvalue weighted by Gasteiger charge is -2.27. The summed E-state index contributed by atoms with van der Waals surface area (Å²) in [6.45, 7) is 9.03. The molecular formula is C36H37N3O2S. The Balaban J connectivity index is 1.47. The molecule has 0 aliphatic heterocycles. The van der Waals surface area contributed by atoms with E-state index in [1.807, 2.05) is 32.1 Å². The molecule has 6 heteroatoms. The van der Waals surface area contributed by atoms with E-state index in [1.165, 1.54) is 0 Å². The van der Waals surface area contributed by atoms with Gasteiger partial charge in [-0.2, -0.15) is 0 Å². The first kappa shape index (κ1) is 29.1. The van der Waals surface area contributed by atoms with Crippen LogP contribution in [0.5, 0.6) is 5.88 Å². The maximum absolute atomic E-state index is 13.4. The maximum atomic E-state index is 13.4. The van der Waals surface area contributed by atoms with Crippen molar-refractivity contribution in [3.05, 3.63) is 135 Å². The smallest absolute Gasteiger partial charge is 0.266 e. The van der Waals surface area contributed by atoms with Crippen LogP contribution in [0.2, 0.25) is 0 Å². The van der Waals surface area contributed by atoms with Gasteiger partial charge in [0.15, 0.2) is 4.77 Å². The van der Waals surface area contributed by atoms with Gasteiger partial charge in [-0.05, 0) is 91.0 Å². The van der Waals surface area contributed by atoms with Crippen LogP contribution >= 0.6 is 12.2 Å². The van der Waals surface area contributed by atoms with Crippen molar-refractivity contribution < 1.29 is 5.11 Å². The second-order valence-corrected chi connectivity index (χ2v) is 11.6. The summed E-state index contributed by atoms with van der Waals surface area (Å²) >= 11 is 5.49. The summed E-state index contributed by atoms with van der Waals surface area (Å²) in [6, 6.07) is 29.2. The van der Waals surface area contributed by atoms with Crippen LogP contribution in [0.4, 0.5) is 17.1 Å². The first-order valence-electron chi connectivity index (χ1n) is 14.4. The molecule has 0 atom stereocenters. The molecule has 214 valence electrons. The third-order valence-corrected chi connectivity index (χ3v) is 7.98. The quantitative estimate of drug-likeness (QED) is 0.213. The van der Waals surface area contributed by atoms with E-state index in [1.54, 1.807) is 9.13 Å². The fourth-order valence-corrected chi connectivity index (χ4v) is 6.01. The van der Waals surface area contributed by atoms with E-state index in [0.29, 0.717) is 23.4 Å². The molecular weight excluding hydrogens is 538 g/mol. The second kappa shape index (κ2) is 12.2. The molecule has 0 amide bonds. The summed E-state index contributed by atoms with van der Waals surface area (Å²) in [5.41, 5.74) is 6.00. The third kappa shape index (κ3) is 5.95. The predicted octanol–water partition coefficient (Wildman–Crippen LogP) is 9.05. The zero-order chi connectivity index (χ0) is 29.9. The Hall–Kier alpha value is -4.42. The van der Waals surface area contributed by atoms with Crippen LogP contribution in [0.15, 0.2) is 114 Å². The van der Waals surface area contributed by atoms with E-state index in [-0.39, 0.29) is 16.9 Å². The van der Waals surface area contributed by atoms with Crippen LogP contribution in [0, 0.1) is 10.2 Å². The molecule has 42 heavy (non-hydrogen) atoms. The summed E-state index contributed by atoms with van der Waals surface area (Å²) < 4.78 is 3.51. The average Bonchev–Trinajstić information content (AvgIpc) is 2.98. The van der Waals surface area contributed by atoms with E-state index in [2.05, 4.69) is 110 Å². The highest BCUT2D eigenvalue weighted by molar-refractivity contribution is 7.71. The van der Waals surface area contributed by atoms with Crippen LogP contribution in [0.3, 0.4) is 0 Å². The van der Waals surface area contributed by atoms with Crippen LogP contribution < -0.4 is 10.5 Å². The largest absolute Gasteiger partial charge is 0.494 e. The van der Waals surface area contributed by atoms with E-state index < -0.39 is 0 Å². The Bertz CT molecular complexity index is 1740. The molecule has 5 nitrogen and oxygen atoms in total. The highest BCUT2D eigenvalue weighted by Gasteiger charge is 2.26. The number of hydrogen-bond donors (Lipinski definition) is 1. The molecule has 1 heterocycles. The van der Waals surface area contributed by atoms with Crippen molar-refractivity contribution in [2.45, 2.75) is 47.2 Å².